The molecule has 1 saturated carbocycles. The smallest absolute Gasteiger partial charge is 0.0468 e. The lowest BCUT2D eigenvalue weighted by atomic mass is 9.77. The topological polar surface area (TPSA) is 21.3 Å². The maximum atomic E-state index is 5.42. The van der Waals surface area contributed by atoms with Crippen molar-refractivity contribution in [3.63, 3.8) is 0 Å². The molecule has 1 N–H and O–H groups in total. The summed E-state index contributed by atoms with van der Waals surface area (Å²) in [4.78, 5) is 0. The monoisotopic (exact) mass is 225 g/mol. The van der Waals surface area contributed by atoms with Crippen LogP contribution in [0.3, 0.4) is 0 Å². The predicted octanol–water partition coefficient (Wildman–Crippen LogP) is 2.97. The Morgan fingerprint density at radius 1 is 1.12 bits per heavy atom. The third kappa shape index (κ3) is 4.42. The molecule has 0 aromatic rings. The standard InChI is InChI=1S/C14H27NO/c1-14(2,7-8-15-13-3-4-13)11-12-5-9-16-10-6-12/h12-13,15H,3-11H2,1-2H3. The highest BCUT2D eigenvalue weighted by Crippen LogP contribution is 2.33. The fourth-order valence-corrected chi connectivity index (χ4v) is 2.74. The normalized spacial score (nSPS) is 23.6. The van der Waals surface area contributed by atoms with Gasteiger partial charge in [0.2, 0.25) is 0 Å². The van der Waals surface area contributed by atoms with Crippen molar-refractivity contribution < 1.29 is 4.74 Å². The Labute approximate surface area is 100 Å². The zero-order valence-corrected chi connectivity index (χ0v) is 10.9. The molecule has 1 saturated heterocycles. The SMILES string of the molecule is CC(C)(CCNC1CC1)CC1CCOCC1. The Balaban J connectivity index is 1.63. The van der Waals surface area contributed by atoms with Gasteiger partial charge in [-0.25, -0.2) is 0 Å². The van der Waals surface area contributed by atoms with E-state index in [9.17, 15) is 0 Å². The molecule has 0 radical (unpaired) electrons. The van der Waals surface area contributed by atoms with Gasteiger partial charge in [0.1, 0.15) is 0 Å². The molecule has 2 fully saturated rings. The van der Waals surface area contributed by atoms with Crippen LogP contribution in [-0.4, -0.2) is 25.8 Å². The van der Waals surface area contributed by atoms with Crippen molar-refractivity contribution in [2.75, 3.05) is 19.8 Å². The van der Waals surface area contributed by atoms with Crippen LogP contribution in [0.25, 0.3) is 0 Å². The lowest BCUT2D eigenvalue weighted by Crippen LogP contribution is -2.27. The number of ether oxygens (including phenoxy) is 1. The van der Waals surface area contributed by atoms with Crippen molar-refractivity contribution in [2.24, 2.45) is 11.3 Å². The third-order valence-electron chi connectivity index (χ3n) is 3.99. The van der Waals surface area contributed by atoms with Crippen LogP contribution in [0, 0.1) is 11.3 Å². The van der Waals surface area contributed by atoms with Crippen molar-refractivity contribution in [2.45, 2.75) is 58.4 Å². The molecule has 2 rings (SSSR count). The molecule has 16 heavy (non-hydrogen) atoms. The van der Waals surface area contributed by atoms with E-state index < -0.39 is 0 Å². The molecule has 1 aliphatic carbocycles. The van der Waals surface area contributed by atoms with Gasteiger partial charge in [-0.05, 0) is 56.4 Å². The summed E-state index contributed by atoms with van der Waals surface area (Å²) in [5.41, 5.74) is 0.504. The van der Waals surface area contributed by atoms with Gasteiger partial charge in [0.15, 0.2) is 0 Å². The first kappa shape index (κ1) is 12.4. The number of rotatable bonds is 6. The van der Waals surface area contributed by atoms with Crippen molar-refractivity contribution in [1.29, 1.82) is 0 Å². The molecular weight excluding hydrogens is 198 g/mol. The van der Waals surface area contributed by atoms with Crippen LogP contribution in [0.2, 0.25) is 0 Å². The summed E-state index contributed by atoms with van der Waals surface area (Å²) in [5.74, 6) is 0.907. The second kappa shape index (κ2) is 5.50. The van der Waals surface area contributed by atoms with Crippen LogP contribution >= 0.6 is 0 Å². The minimum atomic E-state index is 0.504. The second-order valence-corrected chi connectivity index (χ2v) is 6.40. The van der Waals surface area contributed by atoms with Gasteiger partial charge in [0.25, 0.3) is 0 Å². The summed E-state index contributed by atoms with van der Waals surface area (Å²) in [6.45, 7) is 8.04. The van der Waals surface area contributed by atoms with E-state index in [1.807, 2.05) is 0 Å². The molecule has 0 aromatic carbocycles. The number of nitrogens with one attached hydrogen (secondary N) is 1. The first-order valence-corrected chi connectivity index (χ1v) is 6.97. The molecule has 0 bridgehead atoms. The minimum absolute atomic E-state index is 0.504. The molecule has 0 unspecified atom stereocenters. The molecule has 0 aromatic heterocycles. The third-order valence-corrected chi connectivity index (χ3v) is 3.99. The molecule has 94 valence electrons. The van der Waals surface area contributed by atoms with Crippen LogP contribution in [0.4, 0.5) is 0 Å². The van der Waals surface area contributed by atoms with Gasteiger partial charge < -0.3 is 10.1 Å². The maximum absolute atomic E-state index is 5.42. The average Bonchev–Trinajstić information content (AvgIpc) is 3.02. The maximum Gasteiger partial charge on any atom is 0.0468 e. The molecule has 1 heterocycles. The van der Waals surface area contributed by atoms with Crippen LogP contribution in [-0.2, 0) is 4.74 Å². The van der Waals surface area contributed by atoms with E-state index >= 15 is 0 Å². The zero-order chi connectivity index (χ0) is 11.4. The lowest BCUT2D eigenvalue weighted by molar-refractivity contribution is 0.0502. The molecule has 2 heteroatoms. The second-order valence-electron chi connectivity index (χ2n) is 6.40. The van der Waals surface area contributed by atoms with Crippen LogP contribution < -0.4 is 5.32 Å². The van der Waals surface area contributed by atoms with E-state index in [0.717, 1.165) is 25.2 Å². The number of hydrogen-bond acceptors (Lipinski definition) is 2. The highest BCUT2D eigenvalue weighted by atomic mass is 16.5. The average molecular weight is 225 g/mol. The van der Waals surface area contributed by atoms with Gasteiger partial charge in [0, 0.05) is 19.3 Å². The van der Waals surface area contributed by atoms with Crippen molar-refractivity contribution in [3.05, 3.63) is 0 Å². The summed E-state index contributed by atoms with van der Waals surface area (Å²) >= 11 is 0. The lowest BCUT2D eigenvalue weighted by Gasteiger charge is -2.32. The summed E-state index contributed by atoms with van der Waals surface area (Å²) in [6, 6.07) is 0.860. The summed E-state index contributed by atoms with van der Waals surface area (Å²) in [5, 5.41) is 3.63. The Kier molecular flexibility index (Phi) is 4.26. The first-order valence-electron chi connectivity index (χ1n) is 6.97. The summed E-state index contributed by atoms with van der Waals surface area (Å²) < 4.78 is 5.42. The van der Waals surface area contributed by atoms with Crippen molar-refractivity contribution in [3.8, 4) is 0 Å². The van der Waals surface area contributed by atoms with Gasteiger partial charge in [0.05, 0.1) is 0 Å². The summed E-state index contributed by atoms with van der Waals surface area (Å²) in [6.07, 6.45) is 8.06. The minimum Gasteiger partial charge on any atom is -0.381 e. The van der Waals surface area contributed by atoms with Crippen LogP contribution in [0.5, 0.6) is 0 Å². The van der Waals surface area contributed by atoms with Crippen LogP contribution in [0.15, 0.2) is 0 Å². The van der Waals surface area contributed by atoms with E-state index in [1.54, 1.807) is 0 Å². The van der Waals surface area contributed by atoms with Crippen molar-refractivity contribution >= 4 is 0 Å². The van der Waals surface area contributed by atoms with Gasteiger partial charge in [-0.2, -0.15) is 0 Å². The highest BCUT2D eigenvalue weighted by Gasteiger charge is 2.26. The quantitative estimate of drug-likeness (QED) is 0.750. The van der Waals surface area contributed by atoms with E-state index in [4.69, 9.17) is 4.74 Å². The zero-order valence-electron chi connectivity index (χ0n) is 10.9. The number of hydrogen-bond donors (Lipinski definition) is 1. The Hall–Kier alpha value is -0.0800. The fourth-order valence-electron chi connectivity index (χ4n) is 2.74. The van der Waals surface area contributed by atoms with E-state index in [2.05, 4.69) is 19.2 Å². The highest BCUT2D eigenvalue weighted by molar-refractivity contribution is 4.82. The Morgan fingerprint density at radius 2 is 1.81 bits per heavy atom. The van der Waals surface area contributed by atoms with E-state index in [0.29, 0.717) is 5.41 Å². The first-order chi connectivity index (χ1) is 7.66. The van der Waals surface area contributed by atoms with Gasteiger partial charge in [-0.1, -0.05) is 13.8 Å². The molecule has 2 aliphatic rings. The summed E-state index contributed by atoms with van der Waals surface area (Å²) in [7, 11) is 0. The van der Waals surface area contributed by atoms with E-state index in [1.165, 1.54) is 45.1 Å². The van der Waals surface area contributed by atoms with E-state index in [-0.39, 0.29) is 0 Å². The Morgan fingerprint density at radius 3 is 2.44 bits per heavy atom. The Bertz CT molecular complexity index is 205. The molecule has 0 atom stereocenters. The van der Waals surface area contributed by atoms with Gasteiger partial charge >= 0.3 is 0 Å². The fraction of sp³-hybridized carbons (Fsp3) is 1.00. The molecule has 0 amide bonds. The van der Waals surface area contributed by atoms with Gasteiger partial charge in [-0.3, -0.25) is 0 Å². The van der Waals surface area contributed by atoms with Crippen molar-refractivity contribution in [1.82, 2.24) is 5.32 Å². The molecule has 1 aliphatic heterocycles. The molecular formula is C14H27NO. The predicted molar refractivity (Wildman–Crippen MR) is 67.6 cm³/mol. The van der Waals surface area contributed by atoms with Crippen LogP contribution in [0.1, 0.15) is 52.4 Å². The van der Waals surface area contributed by atoms with Gasteiger partial charge in [-0.15, -0.1) is 0 Å². The molecule has 0 spiro atoms. The molecule has 2 nitrogen and oxygen atoms in total. The largest absolute Gasteiger partial charge is 0.381 e.